The Balaban J connectivity index is 0.956. The predicted molar refractivity (Wildman–Crippen MR) is 279 cm³/mol. The van der Waals surface area contributed by atoms with Gasteiger partial charge in [-0.15, -0.1) is 0 Å². The highest BCUT2D eigenvalue weighted by Crippen LogP contribution is 2.64. The Kier molecular flexibility index (Phi) is 8.23. The molecule has 2 heteroatoms. The van der Waals surface area contributed by atoms with Gasteiger partial charge in [-0.1, -0.05) is 212 Å². The summed E-state index contributed by atoms with van der Waals surface area (Å²) in [6.45, 7) is 0. The molecule has 1 heterocycles. The molecule has 12 aromatic rings. The number of para-hydroxylation sites is 1. The summed E-state index contributed by atoms with van der Waals surface area (Å²) in [4.78, 5) is 2.45. The topological polar surface area (TPSA) is 16.4 Å². The summed E-state index contributed by atoms with van der Waals surface area (Å²) in [7, 11) is 0. The van der Waals surface area contributed by atoms with E-state index in [4.69, 9.17) is 4.42 Å². The SMILES string of the molecule is c1ccc(-c2oc3c4ccccc4c4ccc(-c5ccc(N(c6ccccc6)c6cccc7c6-c6ccccc6C76c7ccccc7-c7ccccc76)cc5)cc4c3c2-c2ccccc2)cc1. The first kappa shape index (κ1) is 37.6. The van der Waals surface area contributed by atoms with Gasteiger partial charge in [0.25, 0.3) is 0 Å². The Morgan fingerprint density at radius 1 is 0.313 bits per heavy atom. The molecule has 67 heavy (non-hydrogen) atoms. The van der Waals surface area contributed by atoms with E-state index in [1.807, 2.05) is 0 Å². The van der Waals surface area contributed by atoms with E-state index in [0.29, 0.717) is 0 Å². The smallest absolute Gasteiger partial charge is 0.143 e. The molecule has 0 bridgehead atoms. The number of fused-ring (bicyclic) bond motifs is 16. The average molecular weight is 852 g/mol. The average Bonchev–Trinajstić information content (AvgIpc) is 4.06. The second-order valence-electron chi connectivity index (χ2n) is 17.9. The lowest BCUT2D eigenvalue weighted by molar-refractivity contribution is 0.636. The molecule has 1 spiro atoms. The van der Waals surface area contributed by atoms with E-state index in [2.05, 4.69) is 254 Å². The van der Waals surface area contributed by atoms with Gasteiger partial charge in [-0.3, -0.25) is 0 Å². The molecule has 0 N–H and O–H groups in total. The van der Waals surface area contributed by atoms with Crippen LogP contribution in [0.3, 0.4) is 0 Å². The van der Waals surface area contributed by atoms with Crippen molar-refractivity contribution >= 4 is 49.6 Å². The Morgan fingerprint density at radius 2 is 0.821 bits per heavy atom. The molecule has 14 rings (SSSR count). The summed E-state index contributed by atoms with van der Waals surface area (Å²) in [5.74, 6) is 0.887. The van der Waals surface area contributed by atoms with Crippen LogP contribution in [0, 0.1) is 0 Å². The molecule has 2 aliphatic carbocycles. The highest BCUT2D eigenvalue weighted by atomic mass is 16.3. The van der Waals surface area contributed by atoms with E-state index >= 15 is 0 Å². The highest BCUT2D eigenvalue weighted by Gasteiger charge is 2.52. The number of furan rings is 1. The summed E-state index contributed by atoms with van der Waals surface area (Å²) in [6, 6.07) is 90.9. The lowest BCUT2D eigenvalue weighted by atomic mass is 9.70. The van der Waals surface area contributed by atoms with Crippen LogP contribution in [-0.4, -0.2) is 0 Å². The van der Waals surface area contributed by atoms with Crippen LogP contribution in [0.25, 0.3) is 88.3 Å². The largest absolute Gasteiger partial charge is 0.455 e. The molecule has 312 valence electrons. The van der Waals surface area contributed by atoms with E-state index in [1.165, 1.54) is 60.7 Å². The fraction of sp³-hybridized carbons (Fsp3) is 0.0154. The van der Waals surface area contributed by atoms with Gasteiger partial charge in [-0.25, -0.2) is 0 Å². The molecule has 0 amide bonds. The minimum atomic E-state index is -0.425. The number of rotatable bonds is 6. The molecule has 0 fully saturated rings. The number of hydrogen-bond acceptors (Lipinski definition) is 2. The van der Waals surface area contributed by atoms with Gasteiger partial charge < -0.3 is 9.32 Å². The normalized spacial score (nSPS) is 12.9. The summed E-state index contributed by atoms with van der Waals surface area (Å²) < 4.78 is 7.05. The van der Waals surface area contributed by atoms with Gasteiger partial charge in [-0.2, -0.15) is 0 Å². The number of nitrogens with zero attached hydrogens (tertiary/aromatic N) is 1. The minimum absolute atomic E-state index is 0.425. The van der Waals surface area contributed by atoms with Gasteiger partial charge in [0, 0.05) is 38.8 Å². The Labute approximate surface area is 389 Å². The quantitative estimate of drug-likeness (QED) is 0.155. The van der Waals surface area contributed by atoms with Crippen molar-refractivity contribution in [3.63, 3.8) is 0 Å². The van der Waals surface area contributed by atoms with E-state index in [0.717, 1.165) is 67.0 Å². The van der Waals surface area contributed by atoms with Crippen LogP contribution in [0.1, 0.15) is 22.3 Å². The number of benzene rings is 11. The molecule has 11 aromatic carbocycles. The van der Waals surface area contributed by atoms with Crippen LogP contribution in [-0.2, 0) is 5.41 Å². The Hall–Kier alpha value is -8.72. The third kappa shape index (κ3) is 5.39. The Morgan fingerprint density at radius 3 is 1.51 bits per heavy atom. The fourth-order valence-corrected chi connectivity index (χ4v) is 11.8. The van der Waals surface area contributed by atoms with Crippen molar-refractivity contribution < 1.29 is 4.42 Å². The molecule has 2 aliphatic rings. The van der Waals surface area contributed by atoms with E-state index in [9.17, 15) is 0 Å². The molecule has 0 unspecified atom stereocenters. The zero-order chi connectivity index (χ0) is 44.1. The maximum atomic E-state index is 7.05. The zero-order valence-corrected chi connectivity index (χ0v) is 36.5. The molecule has 0 atom stereocenters. The Bertz CT molecular complexity index is 3860. The third-order valence-electron chi connectivity index (χ3n) is 14.5. The molecular weight excluding hydrogens is 811 g/mol. The van der Waals surface area contributed by atoms with Crippen molar-refractivity contribution in [3.8, 4) is 55.8 Å². The second-order valence-corrected chi connectivity index (χ2v) is 17.9. The van der Waals surface area contributed by atoms with Gasteiger partial charge in [0.1, 0.15) is 11.3 Å². The van der Waals surface area contributed by atoms with Gasteiger partial charge >= 0.3 is 0 Å². The summed E-state index contributed by atoms with van der Waals surface area (Å²) >= 11 is 0. The predicted octanol–water partition coefficient (Wildman–Crippen LogP) is 17.6. The maximum Gasteiger partial charge on any atom is 0.143 e. The first-order valence-electron chi connectivity index (χ1n) is 23.2. The first-order valence-corrected chi connectivity index (χ1v) is 23.2. The lowest BCUT2D eigenvalue weighted by Gasteiger charge is -2.31. The van der Waals surface area contributed by atoms with Crippen LogP contribution in [0.4, 0.5) is 17.1 Å². The molecule has 1 aromatic heterocycles. The van der Waals surface area contributed by atoms with Crippen LogP contribution < -0.4 is 4.90 Å². The van der Waals surface area contributed by atoms with Crippen LogP contribution in [0.2, 0.25) is 0 Å². The molecule has 0 aliphatic heterocycles. The van der Waals surface area contributed by atoms with E-state index in [1.54, 1.807) is 0 Å². The summed E-state index contributed by atoms with van der Waals surface area (Å²) in [5, 5.41) is 5.82. The van der Waals surface area contributed by atoms with Crippen LogP contribution >= 0.6 is 0 Å². The minimum Gasteiger partial charge on any atom is -0.455 e. The zero-order valence-electron chi connectivity index (χ0n) is 36.5. The molecule has 0 saturated heterocycles. The highest BCUT2D eigenvalue weighted by molar-refractivity contribution is 6.29. The number of hydrogen-bond donors (Lipinski definition) is 0. The van der Waals surface area contributed by atoms with Crippen LogP contribution in [0.5, 0.6) is 0 Å². The standard InChI is InChI=1S/C65H41NO/c1-4-19-43(20-5-1)60-62-54-41-45(37-40-49(54)48-25-10-11-28-52(48)64(62)67-63(60)44-21-6-2-7-22-44)42-35-38-47(39-36-42)66(46-23-8-3-9-24-46)59-34-18-33-58-61(59)53-29-14-17-32-57(53)65(58)55-30-15-12-26-50(55)51-27-13-16-31-56(51)65/h1-41H. The molecule has 2 nitrogen and oxygen atoms in total. The van der Waals surface area contributed by atoms with Crippen LogP contribution in [0.15, 0.2) is 253 Å². The first-order chi connectivity index (χ1) is 33.3. The van der Waals surface area contributed by atoms with E-state index < -0.39 is 5.41 Å². The second kappa shape index (κ2) is 14.7. The van der Waals surface area contributed by atoms with Gasteiger partial charge in [0.2, 0.25) is 0 Å². The van der Waals surface area contributed by atoms with Crippen molar-refractivity contribution in [2.75, 3.05) is 4.90 Å². The maximum absolute atomic E-state index is 7.05. The summed E-state index contributed by atoms with van der Waals surface area (Å²) in [5.41, 5.74) is 20.0. The van der Waals surface area contributed by atoms with Crippen molar-refractivity contribution in [2.45, 2.75) is 5.41 Å². The number of anilines is 3. The monoisotopic (exact) mass is 851 g/mol. The van der Waals surface area contributed by atoms with Crippen molar-refractivity contribution in [1.29, 1.82) is 0 Å². The lowest BCUT2D eigenvalue weighted by Crippen LogP contribution is -2.26. The molecule has 0 radical (unpaired) electrons. The van der Waals surface area contributed by atoms with Gasteiger partial charge in [0.05, 0.1) is 11.1 Å². The van der Waals surface area contributed by atoms with Crippen molar-refractivity contribution in [2.24, 2.45) is 0 Å². The fourth-order valence-electron chi connectivity index (χ4n) is 11.8. The van der Waals surface area contributed by atoms with Gasteiger partial charge in [-0.05, 0) is 108 Å². The molecule has 0 saturated carbocycles. The molecular formula is C65H41NO. The van der Waals surface area contributed by atoms with E-state index in [-0.39, 0.29) is 0 Å². The van der Waals surface area contributed by atoms with Gasteiger partial charge in [0.15, 0.2) is 0 Å². The third-order valence-corrected chi connectivity index (χ3v) is 14.5. The summed E-state index contributed by atoms with van der Waals surface area (Å²) in [6.07, 6.45) is 0. The van der Waals surface area contributed by atoms with Crippen molar-refractivity contribution in [3.05, 3.63) is 271 Å². The van der Waals surface area contributed by atoms with Crippen molar-refractivity contribution in [1.82, 2.24) is 0 Å².